The Labute approximate surface area is 82.0 Å². The number of hydrogen-bond donors (Lipinski definition) is 0. The molecule has 0 aliphatic carbocycles. The van der Waals surface area contributed by atoms with Gasteiger partial charge in [-0.25, -0.2) is 4.98 Å². The van der Waals surface area contributed by atoms with E-state index in [1.54, 1.807) is 11.8 Å². The molecule has 3 heteroatoms. The van der Waals surface area contributed by atoms with Gasteiger partial charge < -0.3 is 0 Å². The van der Waals surface area contributed by atoms with E-state index in [0.717, 1.165) is 10.9 Å². The van der Waals surface area contributed by atoms with Crippen LogP contribution in [0.2, 0.25) is 0 Å². The molecule has 0 saturated heterocycles. The average molecular weight is 192 g/mol. The first-order valence-electron chi connectivity index (χ1n) is 4.39. The number of rotatable bonds is 2. The van der Waals surface area contributed by atoms with Gasteiger partial charge in [0.25, 0.3) is 0 Å². The van der Waals surface area contributed by atoms with Crippen LogP contribution in [0.3, 0.4) is 0 Å². The molecule has 68 valence electrons. The lowest BCUT2D eigenvalue weighted by Crippen LogP contribution is -1.92. The monoisotopic (exact) mass is 192 g/mol. The Morgan fingerprint density at radius 3 is 3.08 bits per heavy atom. The van der Waals surface area contributed by atoms with Crippen LogP contribution in [0.15, 0.2) is 29.6 Å². The molecule has 0 N–H and O–H groups in total. The van der Waals surface area contributed by atoms with E-state index in [1.807, 2.05) is 6.20 Å². The predicted octanol–water partition coefficient (Wildman–Crippen LogP) is 2.75. The number of fused-ring (bicyclic) bond motifs is 1. The lowest BCUT2D eigenvalue weighted by Gasteiger charge is -2.02. The molecule has 0 atom stereocenters. The molecule has 2 heterocycles. The highest BCUT2D eigenvalue weighted by Gasteiger charge is 2.03. The molecule has 2 aromatic rings. The largest absolute Gasteiger partial charge is 0.292 e. The first-order chi connectivity index (χ1) is 6.33. The van der Waals surface area contributed by atoms with Gasteiger partial charge in [-0.3, -0.25) is 4.40 Å². The first-order valence-corrected chi connectivity index (χ1v) is 5.37. The van der Waals surface area contributed by atoms with Crippen LogP contribution in [0, 0.1) is 6.92 Å². The zero-order chi connectivity index (χ0) is 9.26. The molecule has 2 nitrogen and oxygen atoms in total. The minimum atomic E-state index is 1.06. The van der Waals surface area contributed by atoms with Gasteiger partial charge >= 0.3 is 0 Å². The van der Waals surface area contributed by atoms with Gasteiger partial charge in [-0.05, 0) is 24.8 Å². The summed E-state index contributed by atoms with van der Waals surface area (Å²) in [6, 6.07) is 6.25. The molecule has 2 rings (SSSR count). The number of pyridine rings is 1. The van der Waals surface area contributed by atoms with Crippen LogP contribution in [0.25, 0.3) is 5.52 Å². The van der Waals surface area contributed by atoms with E-state index in [9.17, 15) is 0 Å². The second-order valence-electron chi connectivity index (χ2n) is 2.90. The summed E-state index contributed by atoms with van der Waals surface area (Å²) >= 11 is 1.78. The summed E-state index contributed by atoms with van der Waals surface area (Å²) in [6.45, 7) is 4.25. The third-order valence-corrected chi connectivity index (χ3v) is 2.82. The molecule has 2 aromatic heterocycles. The molecule has 0 spiro atoms. The smallest absolute Gasteiger partial charge is 0.172 e. The molecule has 13 heavy (non-hydrogen) atoms. The Morgan fingerprint density at radius 2 is 2.31 bits per heavy atom. The molecule has 0 saturated carbocycles. The van der Waals surface area contributed by atoms with Crippen LogP contribution in [0.5, 0.6) is 0 Å². The van der Waals surface area contributed by atoms with Gasteiger partial charge in [-0.15, -0.1) is 0 Å². The maximum Gasteiger partial charge on any atom is 0.172 e. The van der Waals surface area contributed by atoms with Crippen molar-refractivity contribution in [1.29, 1.82) is 0 Å². The number of aryl methyl sites for hydroxylation is 1. The Balaban J connectivity index is 2.64. The third kappa shape index (κ3) is 1.44. The van der Waals surface area contributed by atoms with Gasteiger partial charge in [0.1, 0.15) is 0 Å². The van der Waals surface area contributed by atoms with Gasteiger partial charge in [0.05, 0.1) is 11.7 Å². The highest BCUT2D eigenvalue weighted by atomic mass is 32.2. The lowest BCUT2D eigenvalue weighted by atomic mass is 10.3. The van der Waals surface area contributed by atoms with Gasteiger partial charge in [-0.1, -0.05) is 24.8 Å². The summed E-state index contributed by atoms with van der Waals surface area (Å²) in [5.74, 6) is 1.06. The van der Waals surface area contributed by atoms with Gasteiger partial charge in [0, 0.05) is 5.69 Å². The molecule has 0 amide bonds. The van der Waals surface area contributed by atoms with Crippen molar-refractivity contribution in [2.45, 2.75) is 19.0 Å². The molecule has 0 aliphatic rings. The standard InChI is InChI=1S/C10H12N2S/c1-3-13-10-11-7-9-6-4-5-8(2)12(9)10/h4-7H,3H2,1-2H3. The third-order valence-electron chi connectivity index (χ3n) is 1.99. The van der Waals surface area contributed by atoms with E-state index >= 15 is 0 Å². The fraction of sp³-hybridized carbons (Fsp3) is 0.300. The van der Waals surface area contributed by atoms with Crippen LogP contribution in [-0.4, -0.2) is 15.1 Å². The molecule has 0 bridgehead atoms. The van der Waals surface area contributed by atoms with Crippen LogP contribution in [0.1, 0.15) is 12.6 Å². The molecule has 0 radical (unpaired) electrons. The molecule has 0 aliphatic heterocycles. The Bertz CT molecular complexity index is 420. The summed E-state index contributed by atoms with van der Waals surface area (Å²) in [6.07, 6.45) is 1.92. The number of imidazole rings is 1. The summed E-state index contributed by atoms with van der Waals surface area (Å²) in [5.41, 5.74) is 2.42. The molecule has 0 fully saturated rings. The van der Waals surface area contributed by atoms with Gasteiger partial charge in [0.2, 0.25) is 0 Å². The van der Waals surface area contributed by atoms with Crippen molar-refractivity contribution in [2.75, 3.05) is 5.75 Å². The van der Waals surface area contributed by atoms with E-state index in [-0.39, 0.29) is 0 Å². The topological polar surface area (TPSA) is 17.3 Å². The highest BCUT2D eigenvalue weighted by molar-refractivity contribution is 7.99. The second-order valence-corrected chi connectivity index (χ2v) is 4.13. The van der Waals surface area contributed by atoms with E-state index in [4.69, 9.17) is 0 Å². The van der Waals surface area contributed by atoms with E-state index < -0.39 is 0 Å². The quantitative estimate of drug-likeness (QED) is 0.681. The van der Waals surface area contributed by atoms with E-state index in [0.29, 0.717) is 0 Å². The Morgan fingerprint density at radius 1 is 1.46 bits per heavy atom. The van der Waals surface area contributed by atoms with Gasteiger partial charge in [-0.2, -0.15) is 0 Å². The van der Waals surface area contributed by atoms with Crippen molar-refractivity contribution in [3.05, 3.63) is 30.1 Å². The summed E-state index contributed by atoms with van der Waals surface area (Å²) in [4.78, 5) is 4.37. The van der Waals surface area contributed by atoms with Crippen molar-refractivity contribution in [1.82, 2.24) is 9.38 Å². The number of hydrogen-bond acceptors (Lipinski definition) is 2. The summed E-state index contributed by atoms with van der Waals surface area (Å²) < 4.78 is 2.19. The van der Waals surface area contributed by atoms with Crippen molar-refractivity contribution in [3.63, 3.8) is 0 Å². The van der Waals surface area contributed by atoms with Crippen LogP contribution in [0.4, 0.5) is 0 Å². The van der Waals surface area contributed by atoms with Crippen LogP contribution in [-0.2, 0) is 0 Å². The highest BCUT2D eigenvalue weighted by Crippen LogP contribution is 2.19. The van der Waals surface area contributed by atoms with Crippen molar-refractivity contribution < 1.29 is 0 Å². The fourth-order valence-corrected chi connectivity index (χ4v) is 2.17. The lowest BCUT2D eigenvalue weighted by molar-refractivity contribution is 0.920. The van der Waals surface area contributed by atoms with Crippen LogP contribution < -0.4 is 0 Å². The Hall–Kier alpha value is -0.960. The van der Waals surface area contributed by atoms with E-state index in [2.05, 4.69) is 41.4 Å². The molecule has 0 unspecified atom stereocenters. The SMILES string of the molecule is CCSc1ncc2cccc(C)n12. The maximum atomic E-state index is 4.37. The predicted molar refractivity (Wildman–Crippen MR) is 56.3 cm³/mol. The van der Waals surface area contributed by atoms with Crippen molar-refractivity contribution in [3.8, 4) is 0 Å². The molecule has 0 aromatic carbocycles. The first kappa shape index (κ1) is 8.63. The minimum absolute atomic E-state index is 1.06. The summed E-state index contributed by atoms with van der Waals surface area (Å²) in [5, 5.41) is 1.09. The number of thioether (sulfide) groups is 1. The number of nitrogens with zero attached hydrogens (tertiary/aromatic N) is 2. The molecular weight excluding hydrogens is 180 g/mol. The van der Waals surface area contributed by atoms with Crippen molar-refractivity contribution in [2.24, 2.45) is 0 Å². The zero-order valence-electron chi connectivity index (χ0n) is 7.82. The van der Waals surface area contributed by atoms with Crippen molar-refractivity contribution >= 4 is 17.3 Å². The average Bonchev–Trinajstić information content (AvgIpc) is 2.51. The van der Waals surface area contributed by atoms with Gasteiger partial charge in [0.15, 0.2) is 5.16 Å². The minimum Gasteiger partial charge on any atom is -0.292 e. The number of aromatic nitrogens is 2. The second kappa shape index (κ2) is 3.42. The van der Waals surface area contributed by atoms with E-state index in [1.165, 1.54) is 11.2 Å². The normalized spacial score (nSPS) is 10.9. The van der Waals surface area contributed by atoms with Crippen LogP contribution >= 0.6 is 11.8 Å². The maximum absolute atomic E-state index is 4.37. The fourth-order valence-electron chi connectivity index (χ4n) is 1.41. The zero-order valence-corrected chi connectivity index (χ0v) is 8.64. The Kier molecular flexibility index (Phi) is 2.27. The molecular formula is C10H12N2S. The summed E-state index contributed by atoms with van der Waals surface area (Å²) in [7, 11) is 0.